The Balaban J connectivity index is 1.99. The fourth-order valence-electron chi connectivity index (χ4n) is 2.17. The van der Waals surface area contributed by atoms with E-state index in [4.69, 9.17) is 12.2 Å². The van der Waals surface area contributed by atoms with Crippen molar-refractivity contribution in [3.8, 4) is 0 Å². The lowest BCUT2D eigenvalue weighted by Gasteiger charge is -2.08. The molecular formula is C9H15N3S. The number of aromatic nitrogens is 3. The number of rotatable bonds is 2. The first-order valence-electron chi connectivity index (χ1n) is 4.85. The largest absolute Gasteiger partial charge is 0.306 e. The van der Waals surface area contributed by atoms with Crippen LogP contribution in [0, 0.1) is 16.6 Å². The average molecular weight is 197 g/mol. The van der Waals surface area contributed by atoms with Crippen LogP contribution in [0.2, 0.25) is 0 Å². The second kappa shape index (κ2) is 3.62. The zero-order chi connectivity index (χ0) is 9.26. The van der Waals surface area contributed by atoms with Crippen molar-refractivity contribution in [2.75, 3.05) is 0 Å². The molecular weight excluding hydrogens is 182 g/mol. The molecule has 13 heavy (non-hydrogen) atoms. The first-order valence-corrected chi connectivity index (χ1v) is 5.26. The summed E-state index contributed by atoms with van der Waals surface area (Å²) in [5.74, 6) is 1.70. The average Bonchev–Trinajstić information content (AvgIpc) is 2.64. The number of H-pyrrole nitrogens is 1. The van der Waals surface area contributed by atoms with Gasteiger partial charge in [-0.25, -0.2) is 0 Å². The summed E-state index contributed by atoms with van der Waals surface area (Å²) < 4.78 is 2.79. The van der Waals surface area contributed by atoms with Crippen LogP contribution in [-0.4, -0.2) is 14.8 Å². The van der Waals surface area contributed by atoms with Crippen molar-refractivity contribution in [2.45, 2.75) is 32.7 Å². The van der Waals surface area contributed by atoms with E-state index in [0.29, 0.717) is 0 Å². The Kier molecular flexibility index (Phi) is 2.49. The van der Waals surface area contributed by atoms with Crippen LogP contribution in [0.3, 0.4) is 0 Å². The number of hydrogen-bond acceptors (Lipinski definition) is 2. The fourth-order valence-corrected chi connectivity index (χ4v) is 2.34. The number of hydrogen-bond donors (Lipinski definition) is 1. The molecule has 0 aromatic carbocycles. The zero-order valence-corrected chi connectivity index (χ0v) is 8.68. The molecule has 0 radical (unpaired) electrons. The van der Waals surface area contributed by atoms with Crippen molar-refractivity contribution in [1.82, 2.24) is 14.8 Å². The van der Waals surface area contributed by atoms with Crippen LogP contribution in [0.4, 0.5) is 0 Å². The van der Waals surface area contributed by atoms with Gasteiger partial charge in [0.15, 0.2) is 4.77 Å². The van der Waals surface area contributed by atoms with E-state index in [9.17, 15) is 0 Å². The van der Waals surface area contributed by atoms with Crippen molar-refractivity contribution < 1.29 is 0 Å². The van der Waals surface area contributed by atoms with E-state index in [1.165, 1.54) is 19.3 Å². The highest BCUT2D eigenvalue weighted by Gasteiger charge is 2.21. The van der Waals surface area contributed by atoms with Crippen LogP contribution in [0.5, 0.6) is 0 Å². The summed E-state index contributed by atoms with van der Waals surface area (Å²) in [6.45, 7) is 3.37. The molecule has 1 saturated carbocycles. The van der Waals surface area contributed by atoms with Crippen LogP contribution >= 0.6 is 12.2 Å². The Hall–Kier alpha value is -0.640. The third kappa shape index (κ3) is 1.99. The van der Waals surface area contributed by atoms with E-state index in [0.717, 1.165) is 23.2 Å². The van der Waals surface area contributed by atoms with Gasteiger partial charge in [-0.1, -0.05) is 13.3 Å². The van der Waals surface area contributed by atoms with E-state index in [-0.39, 0.29) is 0 Å². The minimum atomic E-state index is 0.750. The van der Waals surface area contributed by atoms with Crippen LogP contribution < -0.4 is 0 Å². The van der Waals surface area contributed by atoms with Gasteiger partial charge in [0.05, 0.1) is 0 Å². The maximum atomic E-state index is 5.09. The highest BCUT2D eigenvalue weighted by molar-refractivity contribution is 7.71. The Labute approximate surface area is 83.2 Å². The van der Waals surface area contributed by atoms with Gasteiger partial charge in [-0.05, 0) is 36.9 Å². The van der Waals surface area contributed by atoms with E-state index >= 15 is 0 Å². The van der Waals surface area contributed by atoms with Crippen molar-refractivity contribution in [3.63, 3.8) is 0 Å². The van der Waals surface area contributed by atoms with Crippen molar-refractivity contribution in [1.29, 1.82) is 0 Å². The summed E-state index contributed by atoms with van der Waals surface area (Å²) in [6.07, 6.45) is 5.85. The minimum absolute atomic E-state index is 0.750. The molecule has 0 saturated heterocycles. The molecule has 1 aromatic heterocycles. The van der Waals surface area contributed by atoms with Crippen LogP contribution in [0.15, 0.2) is 6.33 Å². The molecule has 1 aliphatic rings. The zero-order valence-electron chi connectivity index (χ0n) is 7.86. The summed E-state index contributed by atoms with van der Waals surface area (Å²) in [6, 6.07) is 0. The summed E-state index contributed by atoms with van der Waals surface area (Å²) in [5, 5.41) is 6.70. The first kappa shape index (κ1) is 8.94. The van der Waals surface area contributed by atoms with Gasteiger partial charge in [-0.15, -0.1) is 0 Å². The SMILES string of the molecule is CC1CCC(Cn2cn[nH]c2=S)C1. The second-order valence-corrected chi connectivity index (χ2v) is 4.48. The normalized spacial score (nSPS) is 28.1. The minimum Gasteiger partial charge on any atom is -0.306 e. The highest BCUT2D eigenvalue weighted by Crippen LogP contribution is 2.31. The van der Waals surface area contributed by atoms with Crippen molar-refractivity contribution in [2.24, 2.45) is 11.8 Å². The molecule has 0 aliphatic heterocycles. The van der Waals surface area contributed by atoms with E-state index < -0.39 is 0 Å². The highest BCUT2D eigenvalue weighted by atomic mass is 32.1. The lowest BCUT2D eigenvalue weighted by atomic mass is 10.1. The molecule has 2 rings (SSSR count). The monoisotopic (exact) mass is 197 g/mol. The van der Waals surface area contributed by atoms with Gasteiger partial charge in [-0.2, -0.15) is 5.10 Å². The number of nitrogens with zero attached hydrogens (tertiary/aromatic N) is 2. The van der Waals surface area contributed by atoms with Crippen molar-refractivity contribution in [3.05, 3.63) is 11.1 Å². The standard InChI is InChI=1S/C9H15N3S/c1-7-2-3-8(4-7)5-12-6-10-11-9(12)13/h6-8H,2-5H2,1H3,(H,11,13). The first-order chi connectivity index (χ1) is 6.25. The summed E-state index contributed by atoms with van der Waals surface area (Å²) in [4.78, 5) is 0. The lowest BCUT2D eigenvalue weighted by molar-refractivity contribution is 0.438. The van der Waals surface area contributed by atoms with E-state index in [1.54, 1.807) is 6.33 Å². The predicted octanol–water partition coefficient (Wildman–Crippen LogP) is 2.38. The maximum absolute atomic E-state index is 5.09. The molecule has 0 amide bonds. The lowest BCUT2D eigenvalue weighted by Crippen LogP contribution is -2.06. The molecule has 1 aliphatic carbocycles. The molecule has 2 atom stereocenters. The molecule has 0 bridgehead atoms. The maximum Gasteiger partial charge on any atom is 0.194 e. The van der Waals surface area contributed by atoms with Gasteiger partial charge in [0, 0.05) is 6.54 Å². The Bertz CT molecular complexity index is 328. The molecule has 1 heterocycles. The molecule has 4 heteroatoms. The van der Waals surface area contributed by atoms with E-state index in [1.807, 2.05) is 4.57 Å². The molecule has 2 unspecified atom stereocenters. The van der Waals surface area contributed by atoms with Gasteiger partial charge >= 0.3 is 0 Å². The van der Waals surface area contributed by atoms with Crippen LogP contribution in [0.25, 0.3) is 0 Å². The van der Waals surface area contributed by atoms with Gasteiger partial charge in [0.1, 0.15) is 6.33 Å². The number of nitrogens with one attached hydrogen (secondary N) is 1. The Morgan fingerprint density at radius 2 is 2.54 bits per heavy atom. The molecule has 3 nitrogen and oxygen atoms in total. The summed E-state index contributed by atoms with van der Waals surface area (Å²) >= 11 is 5.09. The second-order valence-electron chi connectivity index (χ2n) is 4.10. The number of aromatic amines is 1. The smallest absolute Gasteiger partial charge is 0.194 e. The molecule has 1 fully saturated rings. The van der Waals surface area contributed by atoms with Gasteiger partial charge in [0.25, 0.3) is 0 Å². The predicted molar refractivity (Wildman–Crippen MR) is 53.9 cm³/mol. The quantitative estimate of drug-likeness (QED) is 0.738. The summed E-state index contributed by atoms with van der Waals surface area (Å²) in [5.41, 5.74) is 0. The van der Waals surface area contributed by atoms with Gasteiger partial charge in [-0.3, -0.25) is 5.10 Å². The van der Waals surface area contributed by atoms with Crippen molar-refractivity contribution >= 4 is 12.2 Å². The Morgan fingerprint density at radius 1 is 1.69 bits per heavy atom. The van der Waals surface area contributed by atoms with Crippen LogP contribution in [-0.2, 0) is 6.54 Å². The van der Waals surface area contributed by atoms with Crippen LogP contribution in [0.1, 0.15) is 26.2 Å². The third-order valence-corrected chi connectivity index (χ3v) is 3.20. The fraction of sp³-hybridized carbons (Fsp3) is 0.778. The summed E-state index contributed by atoms with van der Waals surface area (Å²) in [7, 11) is 0. The van der Waals surface area contributed by atoms with Gasteiger partial charge < -0.3 is 4.57 Å². The Morgan fingerprint density at radius 3 is 3.08 bits per heavy atom. The third-order valence-electron chi connectivity index (χ3n) is 2.88. The molecule has 0 spiro atoms. The van der Waals surface area contributed by atoms with E-state index in [2.05, 4.69) is 17.1 Å². The topological polar surface area (TPSA) is 33.6 Å². The molecule has 72 valence electrons. The molecule has 1 aromatic rings. The molecule has 1 N–H and O–H groups in total. The van der Waals surface area contributed by atoms with Gasteiger partial charge in [0.2, 0.25) is 0 Å².